The molecule has 2 aliphatic heterocycles. The topological polar surface area (TPSA) is 81.2 Å². The van der Waals surface area contributed by atoms with Crippen LogP contribution in [0.2, 0.25) is 5.02 Å². The van der Waals surface area contributed by atoms with Gasteiger partial charge in [0.05, 0.1) is 0 Å². The molecule has 0 aliphatic carbocycles. The highest BCUT2D eigenvalue weighted by molar-refractivity contribution is 6.30. The molecule has 0 saturated carbocycles. The molecule has 194 valence electrons. The fraction of sp³-hybridized carbons (Fsp3) is 0.400. The number of para-hydroxylation sites is 1. The van der Waals surface area contributed by atoms with Crippen molar-refractivity contribution in [1.82, 2.24) is 9.80 Å². The number of likely N-dealkylation sites (tertiary alicyclic amines) is 1. The van der Waals surface area contributed by atoms with Crippen LogP contribution in [0.1, 0.15) is 28.8 Å². The van der Waals surface area contributed by atoms with Crippen LogP contribution in [0, 0.1) is 5.92 Å². The number of carbonyl (C=O) groups is 3. The van der Waals surface area contributed by atoms with Crippen LogP contribution in [0.15, 0.2) is 48.5 Å². The van der Waals surface area contributed by atoms with Crippen molar-refractivity contribution in [2.75, 3.05) is 38.1 Å². The fourth-order valence-electron chi connectivity index (χ4n) is 4.17. The number of hydrogen-bond acceptors (Lipinski definition) is 4. The minimum atomic E-state index is -5.08. The van der Waals surface area contributed by atoms with E-state index in [4.69, 9.17) is 21.5 Å². The van der Waals surface area contributed by atoms with Gasteiger partial charge in [0.2, 0.25) is 5.91 Å². The summed E-state index contributed by atoms with van der Waals surface area (Å²) >= 11 is 5.95. The minimum Gasteiger partial charge on any atom is -0.475 e. The highest BCUT2D eigenvalue weighted by atomic mass is 35.5. The molecule has 11 heteroatoms. The van der Waals surface area contributed by atoms with Crippen molar-refractivity contribution in [2.45, 2.75) is 25.6 Å². The van der Waals surface area contributed by atoms with Gasteiger partial charge < -0.3 is 19.8 Å². The van der Waals surface area contributed by atoms with E-state index in [1.165, 1.54) is 0 Å². The zero-order valence-corrected chi connectivity index (χ0v) is 20.4. The molecule has 0 atom stereocenters. The van der Waals surface area contributed by atoms with Gasteiger partial charge in [-0.05, 0) is 74.8 Å². The van der Waals surface area contributed by atoms with Crippen molar-refractivity contribution in [3.05, 3.63) is 64.7 Å². The first-order valence-corrected chi connectivity index (χ1v) is 11.7. The molecule has 4 rings (SSSR count). The Morgan fingerprint density at radius 3 is 2.19 bits per heavy atom. The molecule has 2 aromatic carbocycles. The summed E-state index contributed by atoms with van der Waals surface area (Å²) in [5, 5.41) is 7.71. The van der Waals surface area contributed by atoms with E-state index in [2.05, 4.69) is 11.9 Å². The average molecular weight is 526 g/mol. The molecule has 2 heterocycles. The predicted molar refractivity (Wildman–Crippen MR) is 129 cm³/mol. The second-order valence-electron chi connectivity index (χ2n) is 8.85. The first-order chi connectivity index (χ1) is 17.0. The Balaban J connectivity index is 0.000000454. The van der Waals surface area contributed by atoms with Crippen LogP contribution in [0.5, 0.6) is 0 Å². The smallest absolute Gasteiger partial charge is 0.475 e. The number of anilines is 1. The quantitative estimate of drug-likeness (QED) is 0.646. The third-order valence-corrected chi connectivity index (χ3v) is 6.42. The van der Waals surface area contributed by atoms with Crippen LogP contribution in [0.25, 0.3) is 0 Å². The number of benzene rings is 2. The number of aliphatic carboxylic acids is 1. The maximum atomic E-state index is 13.2. The van der Waals surface area contributed by atoms with Gasteiger partial charge in [-0.2, -0.15) is 13.2 Å². The first-order valence-electron chi connectivity index (χ1n) is 11.4. The van der Waals surface area contributed by atoms with E-state index in [0.717, 1.165) is 37.2 Å². The second kappa shape index (κ2) is 11.7. The Bertz CT molecular complexity index is 1090. The number of alkyl halides is 3. The number of carbonyl (C=O) groups excluding carboxylic acids is 2. The number of piperidine rings is 1. The number of rotatable bonds is 3. The van der Waals surface area contributed by atoms with E-state index in [0.29, 0.717) is 29.6 Å². The average Bonchev–Trinajstić information content (AvgIpc) is 2.97. The van der Waals surface area contributed by atoms with Crippen molar-refractivity contribution in [3.8, 4) is 0 Å². The first kappa shape index (κ1) is 27.5. The lowest BCUT2D eigenvalue weighted by Gasteiger charge is -2.33. The Morgan fingerprint density at radius 2 is 1.61 bits per heavy atom. The molecule has 2 aliphatic rings. The molecular weight excluding hydrogens is 499 g/mol. The summed E-state index contributed by atoms with van der Waals surface area (Å²) in [5.41, 5.74) is 2.49. The molecule has 1 fully saturated rings. The summed E-state index contributed by atoms with van der Waals surface area (Å²) in [6.07, 6.45) is -2.90. The van der Waals surface area contributed by atoms with Gasteiger partial charge >= 0.3 is 12.1 Å². The molecule has 1 N–H and O–H groups in total. The SMILES string of the molecule is CN1CCC(CN2C(=O)CN(C(=O)c3ccc(Cl)cc3)Cc3ccccc32)CC1.O=C(O)C(F)(F)F. The summed E-state index contributed by atoms with van der Waals surface area (Å²) in [6.45, 7) is 3.35. The number of carboxylic acid groups (broad SMARTS) is 1. The van der Waals surface area contributed by atoms with Gasteiger partial charge in [-0.3, -0.25) is 9.59 Å². The monoisotopic (exact) mass is 525 g/mol. The highest BCUT2D eigenvalue weighted by Gasteiger charge is 2.38. The molecule has 0 unspecified atom stereocenters. The molecule has 0 aromatic heterocycles. The van der Waals surface area contributed by atoms with E-state index in [9.17, 15) is 22.8 Å². The van der Waals surface area contributed by atoms with E-state index in [1.807, 2.05) is 29.2 Å². The molecule has 2 amide bonds. The van der Waals surface area contributed by atoms with Gasteiger partial charge in [0.25, 0.3) is 5.91 Å². The van der Waals surface area contributed by atoms with Crippen LogP contribution < -0.4 is 4.90 Å². The van der Waals surface area contributed by atoms with Gasteiger partial charge in [-0.15, -0.1) is 0 Å². The van der Waals surface area contributed by atoms with Crippen molar-refractivity contribution in [1.29, 1.82) is 0 Å². The highest BCUT2D eigenvalue weighted by Crippen LogP contribution is 2.29. The molecular formula is C25H27ClF3N3O4. The standard InChI is InChI=1S/C23H26ClN3O2.C2HF3O2/c1-25-12-10-17(11-13-25)14-27-21-5-3-2-4-19(21)15-26(16-22(27)28)23(29)18-6-8-20(24)9-7-18;3-2(4,5)1(6)7/h2-9,17H,10-16H2,1H3;(H,6,7). The molecule has 2 aromatic rings. The zero-order valence-electron chi connectivity index (χ0n) is 19.7. The largest absolute Gasteiger partial charge is 0.490 e. The van der Waals surface area contributed by atoms with Crippen LogP contribution in [-0.2, 0) is 16.1 Å². The molecule has 0 radical (unpaired) electrons. The Morgan fingerprint density at radius 1 is 1.03 bits per heavy atom. The van der Waals surface area contributed by atoms with Crippen molar-refractivity contribution in [3.63, 3.8) is 0 Å². The summed E-state index contributed by atoms with van der Waals surface area (Å²) in [6, 6.07) is 14.8. The number of halogens is 4. The van der Waals surface area contributed by atoms with Gasteiger partial charge in [-0.1, -0.05) is 29.8 Å². The summed E-state index contributed by atoms with van der Waals surface area (Å²) in [4.78, 5) is 41.0. The summed E-state index contributed by atoms with van der Waals surface area (Å²) in [7, 11) is 2.14. The van der Waals surface area contributed by atoms with Crippen molar-refractivity contribution < 1.29 is 32.7 Å². The van der Waals surface area contributed by atoms with Gasteiger partial charge in [0, 0.05) is 29.4 Å². The van der Waals surface area contributed by atoms with Crippen LogP contribution in [-0.4, -0.2) is 72.1 Å². The van der Waals surface area contributed by atoms with Gasteiger partial charge in [0.15, 0.2) is 0 Å². The van der Waals surface area contributed by atoms with E-state index < -0.39 is 12.1 Å². The Kier molecular flexibility index (Phi) is 8.97. The van der Waals surface area contributed by atoms with Crippen LogP contribution in [0.4, 0.5) is 18.9 Å². The van der Waals surface area contributed by atoms with Crippen LogP contribution >= 0.6 is 11.6 Å². The van der Waals surface area contributed by atoms with E-state index >= 15 is 0 Å². The third-order valence-electron chi connectivity index (χ3n) is 6.17. The van der Waals surface area contributed by atoms with Crippen molar-refractivity contribution in [2.24, 2.45) is 5.92 Å². The third kappa shape index (κ3) is 7.20. The number of carboxylic acids is 1. The van der Waals surface area contributed by atoms with E-state index in [1.54, 1.807) is 29.2 Å². The fourth-order valence-corrected chi connectivity index (χ4v) is 4.30. The Hall–Kier alpha value is -3.11. The Labute approximate surface area is 212 Å². The lowest BCUT2D eigenvalue weighted by molar-refractivity contribution is -0.192. The molecule has 0 bridgehead atoms. The van der Waals surface area contributed by atoms with Gasteiger partial charge in [0.1, 0.15) is 6.54 Å². The molecule has 1 saturated heterocycles. The maximum Gasteiger partial charge on any atom is 0.490 e. The molecule has 36 heavy (non-hydrogen) atoms. The lowest BCUT2D eigenvalue weighted by atomic mass is 9.96. The van der Waals surface area contributed by atoms with E-state index in [-0.39, 0.29) is 18.4 Å². The summed E-state index contributed by atoms with van der Waals surface area (Å²) in [5.74, 6) is -2.43. The van der Waals surface area contributed by atoms with Crippen LogP contribution in [0.3, 0.4) is 0 Å². The number of nitrogens with zero attached hydrogens (tertiary/aromatic N) is 3. The second-order valence-corrected chi connectivity index (χ2v) is 9.29. The molecule has 0 spiro atoms. The lowest BCUT2D eigenvalue weighted by Crippen LogP contribution is -2.43. The minimum absolute atomic E-state index is 0.0174. The zero-order chi connectivity index (χ0) is 26.5. The normalized spacial score (nSPS) is 17.1. The number of hydrogen-bond donors (Lipinski definition) is 1. The molecule has 7 nitrogen and oxygen atoms in total. The predicted octanol–water partition coefficient (Wildman–Crippen LogP) is 4.30. The van der Waals surface area contributed by atoms with Gasteiger partial charge in [-0.25, -0.2) is 4.79 Å². The summed E-state index contributed by atoms with van der Waals surface area (Å²) < 4.78 is 31.7. The number of amides is 2. The maximum absolute atomic E-state index is 13.2. The number of fused-ring (bicyclic) bond motifs is 1. The van der Waals surface area contributed by atoms with Crippen molar-refractivity contribution >= 4 is 35.1 Å².